The molecule has 2 nitrogen and oxygen atoms in total. The number of ether oxygens (including phenoxy) is 1. The highest BCUT2D eigenvalue weighted by Crippen LogP contribution is 2.29. The van der Waals surface area contributed by atoms with E-state index in [0.29, 0.717) is 6.04 Å². The normalized spacial score (nSPS) is 21.4. The van der Waals surface area contributed by atoms with Gasteiger partial charge in [-0.2, -0.15) is 11.8 Å². The second-order valence-electron chi connectivity index (χ2n) is 3.91. The first-order chi connectivity index (χ1) is 7.92. The molecule has 0 radical (unpaired) electrons. The van der Waals surface area contributed by atoms with E-state index in [1.807, 2.05) is 24.8 Å². The summed E-state index contributed by atoms with van der Waals surface area (Å²) in [6.07, 6.45) is 1.26. The Balaban J connectivity index is 2.16. The van der Waals surface area contributed by atoms with Gasteiger partial charge in [0.25, 0.3) is 0 Å². The van der Waals surface area contributed by atoms with Crippen LogP contribution in [-0.2, 0) is 0 Å². The summed E-state index contributed by atoms with van der Waals surface area (Å²) in [7, 11) is 0. The minimum Gasteiger partial charge on any atom is -0.494 e. The van der Waals surface area contributed by atoms with Crippen molar-refractivity contribution in [3.05, 3.63) is 29.8 Å². The quantitative estimate of drug-likeness (QED) is 0.873. The van der Waals surface area contributed by atoms with Crippen LogP contribution in [0.4, 0.5) is 0 Å². The molecule has 1 atom stereocenters. The zero-order valence-electron chi connectivity index (χ0n) is 9.74. The molecular weight excluding hydrogens is 218 g/mol. The molecule has 0 aromatic heterocycles. The van der Waals surface area contributed by atoms with Crippen LogP contribution in [0.25, 0.3) is 0 Å². The molecule has 1 aliphatic heterocycles. The fourth-order valence-electron chi connectivity index (χ4n) is 1.97. The summed E-state index contributed by atoms with van der Waals surface area (Å²) in [5, 5.41) is 3.60. The third kappa shape index (κ3) is 2.92. The Morgan fingerprint density at radius 3 is 3.19 bits per heavy atom. The van der Waals surface area contributed by atoms with E-state index in [1.54, 1.807) is 0 Å². The minimum atomic E-state index is 0.440. The fourth-order valence-corrected chi connectivity index (χ4v) is 3.01. The lowest BCUT2D eigenvalue weighted by Crippen LogP contribution is -2.23. The second-order valence-corrected chi connectivity index (χ2v) is 5.06. The molecule has 1 unspecified atom stereocenters. The second kappa shape index (κ2) is 6.16. The van der Waals surface area contributed by atoms with E-state index >= 15 is 0 Å². The first-order valence-electron chi connectivity index (χ1n) is 5.94. The van der Waals surface area contributed by atoms with E-state index in [1.165, 1.54) is 17.7 Å². The van der Waals surface area contributed by atoms with Crippen molar-refractivity contribution in [3.8, 4) is 5.75 Å². The lowest BCUT2D eigenvalue weighted by molar-refractivity contribution is 0.333. The summed E-state index contributed by atoms with van der Waals surface area (Å²) in [6, 6.07) is 8.81. The van der Waals surface area contributed by atoms with Gasteiger partial charge in [-0.25, -0.2) is 0 Å². The molecule has 1 aliphatic rings. The maximum Gasteiger partial charge on any atom is 0.124 e. The van der Waals surface area contributed by atoms with Gasteiger partial charge < -0.3 is 10.1 Å². The van der Waals surface area contributed by atoms with Crippen LogP contribution in [0.3, 0.4) is 0 Å². The highest BCUT2D eigenvalue weighted by atomic mass is 32.2. The van der Waals surface area contributed by atoms with Gasteiger partial charge in [0.15, 0.2) is 0 Å². The molecule has 1 N–H and O–H groups in total. The molecule has 1 aromatic carbocycles. The smallest absolute Gasteiger partial charge is 0.124 e. The largest absolute Gasteiger partial charge is 0.494 e. The highest BCUT2D eigenvalue weighted by Gasteiger charge is 2.17. The van der Waals surface area contributed by atoms with Gasteiger partial charge in [-0.05, 0) is 31.7 Å². The van der Waals surface area contributed by atoms with Crippen LogP contribution in [0.2, 0.25) is 0 Å². The summed E-state index contributed by atoms with van der Waals surface area (Å²) in [4.78, 5) is 0. The zero-order chi connectivity index (χ0) is 11.2. The first-order valence-corrected chi connectivity index (χ1v) is 7.10. The van der Waals surface area contributed by atoms with E-state index in [-0.39, 0.29) is 0 Å². The van der Waals surface area contributed by atoms with Crippen molar-refractivity contribution in [2.24, 2.45) is 0 Å². The summed E-state index contributed by atoms with van der Waals surface area (Å²) in [5.41, 5.74) is 1.30. The van der Waals surface area contributed by atoms with Gasteiger partial charge in [-0.3, -0.25) is 0 Å². The number of hydrogen-bond donors (Lipinski definition) is 1. The number of benzene rings is 1. The lowest BCUT2D eigenvalue weighted by atomic mass is 10.1. The Hall–Kier alpha value is -0.670. The van der Waals surface area contributed by atoms with Gasteiger partial charge in [-0.1, -0.05) is 18.2 Å². The number of rotatable bonds is 3. The van der Waals surface area contributed by atoms with Crippen molar-refractivity contribution < 1.29 is 4.74 Å². The Labute approximate surface area is 102 Å². The molecule has 3 heteroatoms. The lowest BCUT2D eigenvalue weighted by Gasteiger charge is -2.19. The summed E-state index contributed by atoms with van der Waals surface area (Å²) < 4.78 is 5.68. The standard InChI is InChI=1S/C13H19NOS/c1-2-15-13-7-4-3-6-11(13)12-10-16-9-5-8-14-12/h3-4,6-7,12,14H,2,5,8-10H2,1H3. The molecule has 0 bridgehead atoms. The summed E-state index contributed by atoms with van der Waals surface area (Å²) in [5.74, 6) is 3.44. The summed E-state index contributed by atoms with van der Waals surface area (Å²) >= 11 is 2.03. The van der Waals surface area contributed by atoms with Crippen LogP contribution in [0.5, 0.6) is 5.75 Å². The minimum absolute atomic E-state index is 0.440. The SMILES string of the molecule is CCOc1ccccc1C1CSCCCN1. The molecule has 88 valence electrons. The molecule has 16 heavy (non-hydrogen) atoms. The van der Waals surface area contributed by atoms with E-state index in [4.69, 9.17) is 4.74 Å². The molecule has 0 saturated carbocycles. The molecule has 1 aromatic rings. The van der Waals surface area contributed by atoms with Crippen molar-refractivity contribution in [1.29, 1.82) is 0 Å². The molecular formula is C13H19NOS. The first kappa shape index (κ1) is 11.8. The predicted molar refractivity (Wildman–Crippen MR) is 70.3 cm³/mol. The third-order valence-corrected chi connectivity index (χ3v) is 3.88. The highest BCUT2D eigenvalue weighted by molar-refractivity contribution is 7.99. The number of hydrogen-bond acceptors (Lipinski definition) is 3. The van der Waals surface area contributed by atoms with Crippen molar-refractivity contribution in [2.45, 2.75) is 19.4 Å². The molecule has 0 spiro atoms. The third-order valence-electron chi connectivity index (χ3n) is 2.73. The van der Waals surface area contributed by atoms with Crippen LogP contribution in [0.1, 0.15) is 24.9 Å². The van der Waals surface area contributed by atoms with E-state index < -0.39 is 0 Å². The molecule has 1 heterocycles. The summed E-state index contributed by atoms with van der Waals surface area (Å²) in [6.45, 7) is 3.88. The average Bonchev–Trinajstić information content (AvgIpc) is 2.59. The molecule has 2 rings (SSSR count). The predicted octanol–water partition coefficient (Wildman–Crippen LogP) is 2.85. The van der Waals surface area contributed by atoms with Crippen LogP contribution in [0, 0.1) is 0 Å². The molecule has 1 saturated heterocycles. The van der Waals surface area contributed by atoms with Gasteiger partial charge in [0, 0.05) is 17.4 Å². The monoisotopic (exact) mass is 237 g/mol. The van der Waals surface area contributed by atoms with Crippen LogP contribution in [-0.4, -0.2) is 24.7 Å². The van der Waals surface area contributed by atoms with Gasteiger partial charge in [0.1, 0.15) is 5.75 Å². The van der Waals surface area contributed by atoms with E-state index in [9.17, 15) is 0 Å². The Morgan fingerprint density at radius 1 is 1.44 bits per heavy atom. The maximum atomic E-state index is 5.68. The van der Waals surface area contributed by atoms with Crippen molar-refractivity contribution in [2.75, 3.05) is 24.7 Å². The van der Waals surface area contributed by atoms with E-state index in [0.717, 1.165) is 24.7 Å². The molecule has 1 fully saturated rings. The van der Waals surface area contributed by atoms with Crippen molar-refractivity contribution >= 4 is 11.8 Å². The van der Waals surface area contributed by atoms with Crippen LogP contribution >= 0.6 is 11.8 Å². The Kier molecular flexibility index (Phi) is 4.55. The van der Waals surface area contributed by atoms with Gasteiger partial charge in [0.05, 0.1) is 6.61 Å². The van der Waals surface area contributed by atoms with Crippen LogP contribution < -0.4 is 10.1 Å². The number of nitrogens with one attached hydrogen (secondary N) is 1. The number of para-hydroxylation sites is 1. The van der Waals surface area contributed by atoms with Gasteiger partial charge >= 0.3 is 0 Å². The average molecular weight is 237 g/mol. The molecule has 0 amide bonds. The number of thioether (sulfide) groups is 1. The molecule has 0 aliphatic carbocycles. The van der Waals surface area contributed by atoms with Crippen LogP contribution in [0.15, 0.2) is 24.3 Å². The van der Waals surface area contributed by atoms with Crippen molar-refractivity contribution in [3.63, 3.8) is 0 Å². The van der Waals surface area contributed by atoms with Crippen molar-refractivity contribution in [1.82, 2.24) is 5.32 Å². The topological polar surface area (TPSA) is 21.3 Å². The zero-order valence-corrected chi connectivity index (χ0v) is 10.6. The van der Waals surface area contributed by atoms with Gasteiger partial charge in [0.2, 0.25) is 0 Å². The fraction of sp³-hybridized carbons (Fsp3) is 0.538. The maximum absolute atomic E-state index is 5.68. The Morgan fingerprint density at radius 2 is 2.31 bits per heavy atom. The van der Waals surface area contributed by atoms with Gasteiger partial charge in [-0.15, -0.1) is 0 Å². The van der Waals surface area contributed by atoms with E-state index in [2.05, 4.69) is 23.5 Å². The Bertz CT molecular complexity index is 321.